The minimum absolute atomic E-state index is 0.294. The highest BCUT2D eigenvalue weighted by atomic mass is 32.2. The number of thioether (sulfide) groups is 2. The van der Waals surface area contributed by atoms with E-state index >= 15 is 0 Å². The highest BCUT2D eigenvalue weighted by Gasteiger charge is 2.31. The van der Waals surface area contributed by atoms with Crippen LogP contribution in [0.25, 0.3) is 0 Å². The van der Waals surface area contributed by atoms with E-state index in [2.05, 4.69) is 22.3 Å². The van der Waals surface area contributed by atoms with Crippen molar-refractivity contribution in [1.82, 2.24) is 20.2 Å². The molecular weight excluding hydrogens is 256 g/mol. The predicted octanol–water partition coefficient (Wildman–Crippen LogP) is 0.741. The summed E-state index contributed by atoms with van der Waals surface area (Å²) < 4.78 is 0. The van der Waals surface area contributed by atoms with E-state index in [1.54, 1.807) is 7.05 Å². The largest absolute Gasteiger partial charge is 0.391 e. The minimum Gasteiger partial charge on any atom is -0.391 e. The molecule has 1 fully saturated rings. The lowest BCUT2D eigenvalue weighted by atomic mass is 10.1. The van der Waals surface area contributed by atoms with Gasteiger partial charge in [-0.15, -0.1) is 10.2 Å². The molecule has 7 heteroatoms. The van der Waals surface area contributed by atoms with Crippen LogP contribution in [0.3, 0.4) is 0 Å². The molecule has 1 aromatic rings. The Kier molecular flexibility index (Phi) is 4.69. The summed E-state index contributed by atoms with van der Waals surface area (Å²) in [5.41, 5.74) is 0. The van der Waals surface area contributed by atoms with Gasteiger partial charge in [-0.25, -0.2) is 0 Å². The van der Waals surface area contributed by atoms with Gasteiger partial charge in [-0.05, 0) is 11.6 Å². The summed E-state index contributed by atoms with van der Waals surface area (Å²) in [6.45, 7) is 2.18. The Labute approximate surface area is 110 Å². The number of rotatable bonds is 4. The molecule has 17 heavy (non-hydrogen) atoms. The van der Waals surface area contributed by atoms with Crippen molar-refractivity contribution >= 4 is 23.5 Å². The Morgan fingerprint density at radius 1 is 1.47 bits per heavy atom. The van der Waals surface area contributed by atoms with Gasteiger partial charge in [-0.2, -0.15) is 28.3 Å². The molecule has 0 spiro atoms. The maximum atomic E-state index is 10.3. The molecular formula is C10H18N4OS2. The Balaban J connectivity index is 1.95. The van der Waals surface area contributed by atoms with Crippen LogP contribution in [0.2, 0.25) is 0 Å². The van der Waals surface area contributed by atoms with Gasteiger partial charge < -0.3 is 5.11 Å². The molecule has 0 aromatic carbocycles. The zero-order valence-corrected chi connectivity index (χ0v) is 11.7. The SMILES string of the molecule is CCC1SCCSC1C(O)Cc1nnn(C)n1. The molecule has 1 aliphatic rings. The van der Waals surface area contributed by atoms with Crippen LogP contribution >= 0.6 is 23.5 Å². The number of aliphatic hydroxyl groups is 1. The molecule has 1 aromatic heterocycles. The van der Waals surface area contributed by atoms with E-state index in [-0.39, 0.29) is 6.10 Å². The lowest BCUT2D eigenvalue weighted by molar-refractivity contribution is 0.167. The average molecular weight is 274 g/mol. The zero-order valence-electron chi connectivity index (χ0n) is 10.1. The first kappa shape index (κ1) is 13.2. The summed E-state index contributed by atoms with van der Waals surface area (Å²) in [5.74, 6) is 2.94. The van der Waals surface area contributed by atoms with E-state index < -0.39 is 0 Å². The van der Waals surface area contributed by atoms with Crippen molar-refractivity contribution in [3.63, 3.8) is 0 Å². The van der Waals surface area contributed by atoms with Gasteiger partial charge in [0.1, 0.15) is 0 Å². The summed E-state index contributed by atoms with van der Waals surface area (Å²) in [7, 11) is 1.74. The second-order valence-electron chi connectivity index (χ2n) is 4.12. The number of tetrazole rings is 1. The number of hydrogen-bond donors (Lipinski definition) is 1. The number of aryl methyl sites for hydroxylation is 1. The lowest BCUT2D eigenvalue weighted by Crippen LogP contribution is -2.37. The van der Waals surface area contributed by atoms with Gasteiger partial charge in [0.15, 0.2) is 5.82 Å². The predicted molar refractivity (Wildman–Crippen MR) is 71.3 cm³/mol. The van der Waals surface area contributed by atoms with Gasteiger partial charge >= 0.3 is 0 Å². The fourth-order valence-electron chi connectivity index (χ4n) is 2.00. The third-order valence-electron chi connectivity index (χ3n) is 2.82. The van der Waals surface area contributed by atoms with Crippen molar-refractivity contribution in [2.75, 3.05) is 11.5 Å². The molecule has 0 saturated carbocycles. The van der Waals surface area contributed by atoms with Crippen LogP contribution in [0.1, 0.15) is 19.2 Å². The van der Waals surface area contributed by atoms with E-state index in [4.69, 9.17) is 0 Å². The topological polar surface area (TPSA) is 63.8 Å². The zero-order chi connectivity index (χ0) is 12.3. The summed E-state index contributed by atoms with van der Waals surface area (Å²) in [6.07, 6.45) is 1.23. The fourth-order valence-corrected chi connectivity index (χ4v) is 5.15. The van der Waals surface area contributed by atoms with Crippen LogP contribution in [0.5, 0.6) is 0 Å². The van der Waals surface area contributed by atoms with Gasteiger partial charge in [0.25, 0.3) is 0 Å². The molecule has 1 N–H and O–H groups in total. The van der Waals surface area contributed by atoms with Gasteiger partial charge in [-0.3, -0.25) is 0 Å². The molecule has 1 aliphatic heterocycles. The van der Waals surface area contributed by atoms with Crippen molar-refractivity contribution in [2.24, 2.45) is 7.05 Å². The van der Waals surface area contributed by atoms with Gasteiger partial charge in [0.05, 0.1) is 13.2 Å². The maximum absolute atomic E-state index is 10.3. The first-order chi connectivity index (χ1) is 8.20. The Bertz CT molecular complexity index is 360. The van der Waals surface area contributed by atoms with E-state index in [9.17, 15) is 5.11 Å². The van der Waals surface area contributed by atoms with Crippen LogP contribution in [-0.2, 0) is 13.5 Å². The number of nitrogens with zero attached hydrogens (tertiary/aromatic N) is 4. The van der Waals surface area contributed by atoms with Crippen molar-refractivity contribution in [3.8, 4) is 0 Å². The molecule has 2 heterocycles. The van der Waals surface area contributed by atoms with E-state index in [0.29, 0.717) is 22.7 Å². The molecule has 96 valence electrons. The quantitative estimate of drug-likeness (QED) is 0.874. The summed E-state index contributed by atoms with van der Waals surface area (Å²) in [6, 6.07) is 0. The van der Waals surface area contributed by atoms with Crippen LogP contribution in [0.15, 0.2) is 0 Å². The molecule has 0 aliphatic carbocycles. The van der Waals surface area contributed by atoms with Gasteiger partial charge in [0, 0.05) is 28.4 Å². The number of aliphatic hydroxyl groups excluding tert-OH is 1. The third kappa shape index (κ3) is 3.35. The molecule has 3 atom stereocenters. The molecule has 0 bridgehead atoms. The second-order valence-corrected chi connectivity index (χ2v) is 6.75. The number of hydrogen-bond acceptors (Lipinski definition) is 6. The number of aromatic nitrogens is 4. The Morgan fingerprint density at radius 3 is 2.88 bits per heavy atom. The standard InChI is InChI=1S/C10H18N4OS2/c1-3-8-10(17-5-4-16-8)7(15)6-9-11-13-14(2)12-9/h7-8,10,15H,3-6H2,1-2H3. The van der Waals surface area contributed by atoms with Crippen molar-refractivity contribution in [3.05, 3.63) is 5.82 Å². The first-order valence-corrected chi connectivity index (χ1v) is 7.94. The summed E-state index contributed by atoms with van der Waals surface area (Å²) in [4.78, 5) is 1.43. The smallest absolute Gasteiger partial charge is 0.177 e. The van der Waals surface area contributed by atoms with Crippen LogP contribution in [0.4, 0.5) is 0 Å². The molecule has 3 unspecified atom stereocenters. The van der Waals surface area contributed by atoms with Gasteiger partial charge in [-0.1, -0.05) is 6.92 Å². The van der Waals surface area contributed by atoms with Crippen molar-refractivity contribution in [2.45, 2.75) is 36.4 Å². The van der Waals surface area contributed by atoms with Crippen LogP contribution in [-0.4, -0.2) is 53.4 Å². The highest BCUT2D eigenvalue weighted by Crippen LogP contribution is 2.35. The molecule has 1 saturated heterocycles. The molecule has 5 nitrogen and oxygen atoms in total. The van der Waals surface area contributed by atoms with E-state index in [1.165, 1.54) is 10.5 Å². The highest BCUT2D eigenvalue weighted by molar-refractivity contribution is 8.07. The average Bonchev–Trinajstić information content (AvgIpc) is 2.74. The maximum Gasteiger partial charge on any atom is 0.177 e. The van der Waals surface area contributed by atoms with Crippen molar-refractivity contribution < 1.29 is 5.11 Å². The van der Waals surface area contributed by atoms with Crippen molar-refractivity contribution in [1.29, 1.82) is 0 Å². The van der Waals surface area contributed by atoms with Crippen LogP contribution < -0.4 is 0 Å². The molecule has 0 amide bonds. The molecule has 2 rings (SSSR count). The monoisotopic (exact) mass is 274 g/mol. The third-order valence-corrected chi connectivity index (χ3v) is 6.21. The minimum atomic E-state index is -0.373. The summed E-state index contributed by atoms with van der Waals surface area (Å²) in [5, 5.41) is 23.0. The second kappa shape index (κ2) is 6.06. The van der Waals surface area contributed by atoms with Crippen LogP contribution in [0, 0.1) is 0 Å². The van der Waals surface area contributed by atoms with E-state index in [0.717, 1.165) is 12.2 Å². The summed E-state index contributed by atoms with van der Waals surface area (Å²) >= 11 is 3.85. The normalized spacial score (nSPS) is 27.0. The lowest BCUT2D eigenvalue weighted by Gasteiger charge is -2.32. The molecule has 0 radical (unpaired) electrons. The van der Waals surface area contributed by atoms with Gasteiger partial charge in [0.2, 0.25) is 0 Å². The first-order valence-electron chi connectivity index (χ1n) is 5.85. The van der Waals surface area contributed by atoms with E-state index in [1.807, 2.05) is 23.5 Å². The Hall–Kier alpha value is -0.270. The Morgan fingerprint density at radius 2 is 2.24 bits per heavy atom. The fraction of sp³-hybridized carbons (Fsp3) is 0.900.